The normalized spacial score (nSPS) is 11.5. The first-order valence-corrected chi connectivity index (χ1v) is 44.7. The summed E-state index contributed by atoms with van der Waals surface area (Å²) in [6, 6.07) is 76.7. The molecule has 0 saturated carbocycles. The van der Waals surface area contributed by atoms with Gasteiger partial charge in [0.25, 0.3) is 45.5 Å². The average molecular weight is 1840 g/mol. The zero-order valence-corrected chi connectivity index (χ0v) is 75.4. The van der Waals surface area contributed by atoms with Crippen molar-refractivity contribution in [3.05, 3.63) is 396 Å². The number of H-pyrrole nitrogens is 5. The van der Waals surface area contributed by atoms with Crippen LogP contribution in [-0.2, 0) is 32.8 Å². The Bertz CT molecular complexity index is 6730. The zero-order valence-electron chi connectivity index (χ0n) is 73.7. The molecule has 0 aliphatic carbocycles. The molecule has 1 fully saturated rings. The molecule has 5 amide bonds. The molecule has 1 aliphatic heterocycles. The molecule has 0 atom stereocenters. The third kappa shape index (κ3) is 29.2. The minimum atomic E-state index is -0.705. The van der Waals surface area contributed by atoms with Crippen molar-refractivity contribution in [2.24, 2.45) is 0 Å². The summed E-state index contributed by atoms with van der Waals surface area (Å²) in [5, 5.41) is 23.0. The number of amides is 5. The lowest BCUT2D eigenvalue weighted by Gasteiger charge is -2.36. The van der Waals surface area contributed by atoms with Crippen molar-refractivity contribution in [1.82, 2.24) is 54.7 Å². The molecule has 0 radical (unpaired) electrons. The Morgan fingerprint density at radius 2 is 0.731 bits per heavy atom. The van der Waals surface area contributed by atoms with E-state index >= 15 is 0 Å². The second kappa shape index (κ2) is 49.1. The number of aliphatic hydroxyl groups excluding tert-OH is 1. The quantitative estimate of drug-likeness (QED) is 0.0144. The molecule has 1 aliphatic rings. The molecule has 682 valence electrons. The number of nitrogens with one attached hydrogen (secondary N) is 10. The standard InChI is InChI=1S/C25H29N5O4.C21H22N4O2S.C19H16N2O3.C18H16N4O3S.C18H14N2O2/c31-14-16-34-15-13-29-9-11-30(12-10-29)22-3-1-20(2-4-22)24(32)28-23-17-21(18-27-25(23)33)19-5-7-26-8-6-19;1-21(2,3)15-7-5-13(6-8-15)18(26)24-17-11-14(12-23-19(17)27)16-9-10-22-20(25-16)28-4;22-18-17(11-16(12-20-18)15-9-5-2-6-10-15)21-19(23)24-13-14-7-3-1-4-8-14;1-26-17-19-8-7-14(21-17)13-9-15(16(23)20-10-13)22-18(24)25-11-12-5-3-2-4-6-12;21-17(14-9-5-2-6-10-14)20-16-11-15(12-19-18(16)22)13-7-3-1-4-8-13/h1-8,17-18,31H,9-16H2,(H,27,33)(H,28,32);5-12H,1-4H3,(H,23,27)(H,24,26);1-12H,13H2,(H,20,22)(H,21,23);2-10H,11H2,1H3,(H,20,23)(H,22,24);1-12H,(H,19,22)(H,20,21). The summed E-state index contributed by atoms with van der Waals surface area (Å²) in [4.78, 5) is 160. The summed E-state index contributed by atoms with van der Waals surface area (Å²) in [5.74, 6) is -0.983. The van der Waals surface area contributed by atoms with Crippen LogP contribution in [0.5, 0.6) is 0 Å². The number of piperazine rings is 1. The van der Waals surface area contributed by atoms with Crippen molar-refractivity contribution in [3.63, 3.8) is 0 Å². The number of anilines is 6. The molecular formula is C101H97N17O14S2. The van der Waals surface area contributed by atoms with Crippen LogP contribution in [-0.4, -0.2) is 155 Å². The Morgan fingerprint density at radius 1 is 0.388 bits per heavy atom. The van der Waals surface area contributed by atoms with Gasteiger partial charge in [-0.25, -0.2) is 29.5 Å². The van der Waals surface area contributed by atoms with E-state index in [9.17, 15) is 47.9 Å². The fourth-order valence-electron chi connectivity index (χ4n) is 13.1. The molecule has 0 bridgehead atoms. The highest BCUT2D eigenvalue weighted by molar-refractivity contribution is 7.98. The first-order chi connectivity index (χ1) is 65.0. The van der Waals surface area contributed by atoms with Crippen LogP contribution >= 0.6 is 23.5 Å². The maximum absolute atomic E-state index is 12.8. The van der Waals surface area contributed by atoms with Crippen LogP contribution in [0, 0.1) is 0 Å². The fraction of sp³-hybridized carbons (Fsp3) is 0.158. The Kier molecular flexibility index (Phi) is 35.5. The maximum Gasteiger partial charge on any atom is 0.412 e. The van der Waals surface area contributed by atoms with Gasteiger partial charge in [-0.05, 0) is 154 Å². The summed E-state index contributed by atoms with van der Waals surface area (Å²) >= 11 is 2.85. The van der Waals surface area contributed by atoms with Crippen molar-refractivity contribution in [1.29, 1.82) is 0 Å². The minimum Gasteiger partial charge on any atom is -0.444 e. The molecule has 16 rings (SSSR count). The van der Waals surface area contributed by atoms with Gasteiger partial charge < -0.3 is 65.1 Å². The lowest BCUT2D eigenvalue weighted by molar-refractivity contribution is 0.0724. The molecule has 0 spiro atoms. The summed E-state index contributed by atoms with van der Waals surface area (Å²) in [6.45, 7) is 12.2. The van der Waals surface area contributed by atoms with Crippen molar-refractivity contribution >= 4 is 87.6 Å². The van der Waals surface area contributed by atoms with E-state index in [2.05, 4.69) is 107 Å². The van der Waals surface area contributed by atoms with Gasteiger partial charge in [-0.3, -0.25) is 58.9 Å². The van der Waals surface area contributed by atoms with E-state index < -0.39 is 17.7 Å². The molecule has 134 heavy (non-hydrogen) atoms. The number of nitrogens with zero attached hydrogens (tertiary/aromatic N) is 7. The van der Waals surface area contributed by atoms with Crippen molar-refractivity contribution < 1.29 is 43.3 Å². The summed E-state index contributed by atoms with van der Waals surface area (Å²) in [7, 11) is 0. The Labute approximate surface area is 778 Å². The first-order valence-electron chi connectivity index (χ1n) is 42.2. The number of rotatable bonds is 25. The van der Waals surface area contributed by atoms with Gasteiger partial charge in [0.1, 0.15) is 41.7 Å². The number of carbonyl (C=O) groups excluding carboxylic acids is 5. The molecule has 9 heterocycles. The minimum absolute atomic E-state index is 0.00759. The van der Waals surface area contributed by atoms with E-state index in [4.69, 9.17) is 19.3 Å². The number of aliphatic hydroxyl groups is 1. The number of thioether (sulfide) groups is 2. The summed E-state index contributed by atoms with van der Waals surface area (Å²) in [6.07, 6.45) is 17.0. The second-order valence-electron chi connectivity index (χ2n) is 30.6. The Morgan fingerprint density at radius 3 is 1.11 bits per heavy atom. The topological polar surface area (TPSA) is 429 Å². The predicted octanol–water partition coefficient (Wildman–Crippen LogP) is 16.3. The van der Waals surface area contributed by atoms with E-state index in [1.165, 1.54) is 29.7 Å². The second-order valence-corrected chi connectivity index (χ2v) is 32.2. The molecular weight excluding hydrogens is 1740 g/mol. The molecule has 1 saturated heterocycles. The van der Waals surface area contributed by atoms with E-state index in [-0.39, 0.29) is 93.6 Å². The van der Waals surface area contributed by atoms with E-state index in [1.54, 1.807) is 141 Å². The van der Waals surface area contributed by atoms with E-state index in [0.717, 1.165) is 88.5 Å². The highest BCUT2D eigenvalue weighted by Gasteiger charge is 2.22. The molecule has 31 nitrogen and oxygen atoms in total. The molecule has 33 heteroatoms. The molecule has 15 aromatic rings. The van der Waals surface area contributed by atoms with Gasteiger partial charge in [-0.15, -0.1) is 0 Å². The third-order valence-corrected chi connectivity index (χ3v) is 21.4. The number of hydrogen-bond donors (Lipinski definition) is 11. The van der Waals surface area contributed by atoms with Crippen LogP contribution in [0.2, 0.25) is 0 Å². The number of aromatic amines is 5. The van der Waals surface area contributed by atoms with Gasteiger partial charge >= 0.3 is 12.2 Å². The number of aromatic nitrogens is 10. The number of pyridine rings is 6. The van der Waals surface area contributed by atoms with E-state index in [1.807, 2.05) is 176 Å². The highest BCUT2D eigenvalue weighted by atomic mass is 32.2. The number of ether oxygens (including phenoxy) is 3. The van der Waals surface area contributed by atoms with E-state index in [0.29, 0.717) is 62.7 Å². The van der Waals surface area contributed by atoms with Crippen LogP contribution < -0.4 is 59.3 Å². The van der Waals surface area contributed by atoms with Crippen molar-refractivity contribution in [2.45, 2.75) is 49.7 Å². The van der Waals surface area contributed by atoms with Gasteiger partial charge in [0.05, 0.1) is 31.2 Å². The summed E-state index contributed by atoms with van der Waals surface area (Å²) in [5.41, 5.74) is 12.3. The number of carbonyl (C=O) groups is 5. The smallest absolute Gasteiger partial charge is 0.412 e. The molecule has 11 N–H and O–H groups in total. The molecule has 8 aromatic heterocycles. The lowest BCUT2D eigenvalue weighted by atomic mass is 9.87. The van der Waals surface area contributed by atoms with Gasteiger partial charge in [-0.1, -0.05) is 196 Å². The lowest BCUT2D eigenvalue weighted by Crippen LogP contribution is -2.47. The van der Waals surface area contributed by atoms with Gasteiger partial charge in [0, 0.05) is 139 Å². The zero-order chi connectivity index (χ0) is 94.6. The van der Waals surface area contributed by atoms with Gasteiger partial charge in [0.15, 0.2) is 10.3 Å². The highest BCUT2D eigenvalue weighted by Crippen LogP contribution is 2.28. The van der Waals surface area contributed by atoms with Gasteiger partial charge in [-0.2, -0.15) is 0 Å². The Hall–Kier alpha value is -16.1. The van der Waals surface area contributed by atoms with Crippen LogP contribution in [0.25, 0.3) is 55.9 Å². The first kappa shape index (κ1) is 97.0. The van der Waals surface area contributed by atoms with Crippen LogP contribution in [0.3, 0.4) is 0 Å². The maximum atomic E-state index is 12.8. The SMILES string of the molecule is CSc1nccc(-c2c[nH]c(=O)c(NC(=O)OCc3ccccc3)c2)n1.CSc1nccc(-c2c[nH]c(=O)c(NC(=O)c3ccc(C(C)(C)C)cc3)c2)n1.O=C(Nc1cc(-c2ccccc2)c[nH]c1=O)OCc1ccccc1.O=C(Nc1cc(-c2ccccc2)c[nH]c1=O)c1ccccc1.O=C(Nc1cc(-c2ccncc2)c[nH]c1=O)c1ccc(N2CCN(CCOCCO)CC2)cc1. The van der Waals surface area contributed by atoms with Crippen molar-refractivity contribution in [2.75, 3.05) is 96.5 Å². The van der Waals surface area contributed by atoms with Crippen molar-refractivity contribution in [3.8, 4) is 55.9 Å². The Balaban J connectivity index is 0.000000152. The average Bonchev–Trinajstić information content (AvgIpc) is 0.821. The number of benzene rings is 7. The predicted molar refractivity (Wildman–Crippen MR) is 524 cm³/mol. The largest absolute Gasteiger partial charge is 0.444 e. The van der Waals surface area contributed by atoms with Crippen LogP contribution in [0.15, 0.2) is 345 Å². The third-order valence-electron chi connectivity index (χ3n) is 20.3. The molecule has 0 unspecified atom stereocenters. The summed E-state index contributed by atoms with van der Waals surface area (Å²) < 4.78 is 15.6. The van der Waals surface area contributed by atoms with Crippen LogP contribution in [0.4, 0.5) is 43.7 Å². The van der Waals surface area contributed by atoms with Gasteiger partial charge in [0.2, 0.25) is 0 Å². The molecule has 7 aromatic carbocycles. The number of hydrogen-bond acceptors (Lipinski definition) is 23. The monoisotopic (exact) mass is 1840 g/mol. The fourth-order valence-corrected chi connectivity index (χ4v) is 13.8. The van der Waals surface area contributed by atoms with Crippen LogP contribution in [0.1, 0.15) is 68.5 Å².